The zero-order chi connectivity index (χ0) is 17.1. The second kappa shape index (κ2) is 5.38. The molecule has 0 aliphatic carbocycles. The van der Waals surface area contributed by atoms with Crippen LogP contribution >= 0.6 is 22.9 Å². The van der Waals surface area contributed by atoms with Crippen LogP contribution in [0.15, 0.2) is 21.4 Å². The van der Waals surface area contributed by atoms with E-state index in [1.807, 2.05) is 0 Å². The van der Waals surface area contributed by atoms with Gasteiger partial charge in [0, 0.05) is 23.7 Å². The summed E-state index contributed by atoms with van der Waals surface area (Å²) in [6.45, 7) is 1.89. The first-order valence-corrected chi connectivity index (χ1v) is 9.77. The SMILES string of the molecule is Cc1nc2c(c(=O)[nH]1)CCN(S(=O)(=O)c1c(Cl)nc3sccn13)C2. The van der Waals surface area contributed by atoms with E-state index >= 15 is 0 Å². The minimum absolute atomic E-state index is 0.0378. The fraction of sp³-hybridized carbons (Fsp3) is 0.308. The van der Waals surface area contributed by atoms with E-state index in [0.717, 1.165) is 0 Å². The van der Waals surface area contributed by atoms with Gasteiger partial charge in [-0.25, -0.2) is 18.4 Å². The van der Waals surface area contributed by atoms with Gasteiger partial charge in [0.25, 0.3) is 15.6 Å². The summed E-state index contributed by atoms with van der Waals surface area (Å²) >= 11 is 7.37. The first kappa shape index (κ1) is 15.8. The lowest BCUT2D eigenvalue weighted by atomic mass is 10.1. The fourth-order valence-electron chi connectivity index (χ4n) is 2.84. The summed E-state index contributed by atoms with van der Waals surface area (Å²) in [6, 6.07) is 0. The molecule has 0 bridgehead atoms. The van der Waals surface area contributed by atoms with E-state index < -0.39 is 10.0 Å². The predicted octanol–water partition coefficient (Wildman–Crippen LogP) is 1.19. The Hall–Kier alpha value is -1.75. The van der Waals surface area contributed by atoms with Crippen LogP contribution in [0.25, 0.3) is 4.96 Å². The molecule has 24 heavy (non-hydrogen) atoms. The zero-order valence-corrected chi connectivity index (χ0v) is 14.9. The molecule has 0 saturated heterocycles. The summed E-state index contributed by atoms with van der Waals surface area (Å²) < 4.78 is 28.8. The highest BCUT2D eigenvalue weighted by molar-refractivity contribution is 7.89. The van der Waals surface area contributed by atoms with Gasteiger partial charge in [0.2, 0.25) is 0 Å². The number of rotatable bonds is 2. The van der Waals surface area contributed by atoms with Crippen LogP contribution in [0.5, 0.6) is 0 Å². The van der Waals surface area contributed by atoms with Crippen LogP contribution in [0.4, 0.5) is 0 Å². The van der Waals surface area contributed by atoms with E-state index in [2.05, 4.69) is 15.0 Å². The topological polar surface area (TPSA) is 100 Å². The third-order valence-corrected chi connectivity index (χ3v) is 6.92. The third kappa shape index (κ3) is 2.29. The number of hydrogen-bond donors (Lipinski definition) is 1. The molecule has 1 N–H and O–H groups in total. The van der Waals surface area contributed by atoms with Crippen molar-refractivity contribution in [1.29, 1.82) is 0 Å². The number of halogens is 1. The monoisotopic (exact) mass is 385 g/mol. The second-order valence-corrected chi connectivity index (χ2v) is 8.51. The maximum Gasteiger partial charge on any atom is 0.262 e. The van der Waals surface area contributed by atoms with Crippen LogP contribution in [0.3, 0.4) is 0 Å². The molecule has 0 unspecified atom stereocenters. The average Bonchev–Trinajstić information content (AvgIpc) is 3.05. The lowest BCUT2D eigenvalue weighted by Gasteiger charge is -2.26. The van der Waals surface area contributed by atoms with Crippen LogP contribution in [-0.4, -0.2) is 38.6 Å². The number of sulfonamides is 1. The van der Waals surface area contributed by atoms with Gasteiger partial charge in [-0.2, -0.15) is 4.31 Å². The number of imidazole rings is 1. The van der Waals surface area contributed by atoms with Crippen molar-refractivity contribution >= 4 is 37.9 Å². The van der Waals surface area contributed by atoms with Crippen molar-refractivity contribution in [2.45, 2.75) is 24.9 Å². The van der Waals surface area contributed by atoms with Gasteiger partial charge in [-0.3, -0.25) is 9.20 Å². The van der Waals surface area contributed by atoms with Crippen molar-refractivity contribution in [3.63, 3.8) is 0 Å². The molecule has 0 fully saturated rings. The van der Waals surface area contributed by atoms with Gasteiger partial charge in [-0.1, -0.05) is 11.6 Å². The van der Waals surface area contributed by atoms with Gasteiger partial charge < -0.3 is 4.98 Å². The van der Waals surface area contributed by atoms with Crippen molar-refractivity contribution in [3.05, 3.63) is 44.2 Å². The smallest absolute Gasteiger partial charge is 0.262 e. The standard InChI is InChI=1S/C13H12ClN5O3S2/c1-7-15-9-6-18(3-2-8(9)11(20)16-7)24(21,22)12-10(14)17-13-19(12)4-5-23-13/h4-5H,2-3,6H2,1H3,(H,15,16,20). The molecule has 1 aliphatic heterocycles. The number of aromatic nitrogens is 4. The Morgan fingerprint density at radius 1 is 1.38 bits per heavy atom. The highest BCUT2D eigenvalue weighted by atomic mass is 35.5. The first-order chi connectivity index (χ1) is 11.4. The van der Waals surface area contributed by atoms with Crippen LogP contribution in [-0.2, 0) is 23.0 Å². The fourth-order valence-corrected chi connectivity index (χ4v) is 5.65. The number of nitrogens with one attached hydrogen (secondary N) is 1. The van der Waals surface area contributed by atoms with Gasteiger partial charge >= 0.3 is 0 Å². The van der Waals surface area contributed by atoms with Gasteiger partial charge in [-0.15, -0.1) is 11.3 Å². The van der Waals surface area contributed by atoms with Crippen LogP contribution in [0.1, 0.15) is 17.1 Å². The molecule has 0 spiro atoms. The minimum Gasteiger partial charge on any atom is -0.311 e. The number of fused-ring (bicyclic) bond motifs is 2. The molecule has 11 heteroatoms. The normalized spacial score (nSPS) is 15.8. The van der Waals surface area contributed by atoms with Gasteiger partial charge in [-0.05, 0) is 13.3 Å². The lowest BCUT2D eigenvalue weighted by molar-refractivity contribution is 0.381. The number of aryl methyl sites for hydroxylation is 1. The van der Waals surface area contributed by atoms with E-state index in [-0.39, 0.29) is 28.8 Å². The molecule has 0 amide bonds. The molecule has 126 valence electrons. The molecular weight excluding hydrogens is 374 g/mol. The lowest BCUT2D eigenvalue weighted by Crippen LogP contribution is -2.39. The van der Waals surface area contributed by atoms with Gasteiger partial charge in [0.05, 0.1) is 12.2 Å². The van der Waals surface area contributed by atoms with Crippen molar-refractivity contribution in [2.75, 3.05) is 6.54 Å². The van der Waals surface area contributed by atoms with Crippen LogP contribution in [0, 0.1) is 6.92 Å². The Balaban J connectivity index is 1.80. The summed E-state index contributed by atoms with van der Waals surface area (Å²) in [5, 5.41) is 1.64. The highest BCUT2D eigenvalue weighted by Gasteiger charge is 2.34. The molecule has 1 aliphatic rings. The highest BCUT2D eigenvalue weighted by Crippen LogP contribution is 2.30. The maximum absolute atomic E-state index is 13.0. The molecule has 4 heterocycles. The Morgan fingerprint density at radius 2 is 2.17 bits per heavy atom. The van der Waals surface area contributed by atoms with Crippen LogP contribution < -0.4 is 5.56 Å². The summed E-state index contributed by atoms with van der Waals surface area (Å²) in [4.78, 5) is 23.5. The summed E-state index contributed by atoms with van der Waals surface area (Å²) in [7, 11) is -3.86. The number of thiazole rings is 1. The van der Waals surface area contributed by atoms with E-state index in [0.29, 0.717) is 28.5 Å². The molecule has 4 rings (SSSR count). The zero-order valence-electron chi connectivity index (χ0n) is 12.5. The minimum atomic E-state index is -3.86. The molecule has 3 aromatic rings. The van der Waals surface area contributed by atoms with E-state index in [1.165, 1.54) is 20.0 Å². The average molecular weight is 386 g/mol. The predicted molar refractivity (Wildman–Crippen MR) is 89.0 cm³/mol. The quantitative estimate of drug-likeness (QED) is 0.714. The second-order valence-electron chi connectivity index (χ2n) is 5.43. The van der Waals surface area contributed by atoms with E-state index in [1.54, 1.807) is 18.5 Å². The number of hydrogen-bond acceptors (Lipinski definition) is 6. The summed E-state index contributed by atoms with van der Waals surface area (Å²) in [5.41, 5.74) is 0.803. The molecule has 0 atom stereocenters. The third-order valence-electron chi connectivity index (χ3n) is 3.92. The van der Waals surface area contributed by atoms with Crippen molar-refractivity contribution in [3.8, 4) is 0 Å². The Bertz CT molecular complexity index is 1110. The summed E-state index contributed by atoms with van der Waals surface area (Å²) in [6.07, 6.45) is 1.93. The molecule has 0 aromatic carbocycles. The van der Waals surface area contributed by atoms with Crippen molar-refractivity contribution in [1.82, 2.24) is 23.7 Å². The largest absolute Gasteiger partial charge is 0.311 e. The van der Waals surface area contributed by atoms with Gasteiger partial charge in [0.15, 0.2) is 15.1 Å². The molecule has 3 aromatic heterocycles. The Labute approximate surface area is 145 Å². The molecular formula is C13H12ClN5O3S2. The molecule has 0 radical (unpaired) electrons. The van der Waals surface area contributed by atoms with E-state index in [9.17, 15) is 13.2 Å². The maximum atomic E-state index is 13.0. The number of H-pyrrole nitrogens is 1. The van der Waals surface area contributed by atoms with Crippen molar-refractivity contribution < 1.29 is 8.42 Å². The number of nitrogens with zero attached hydrogens (tertiary/aromatic N) is 4. The first-order valence-electron chi connectivity index (χ1n) is 7.08. The Kier molecular flexibility index (Phi) is 3.53. The number of aromatic amines is 1. The molecule has 8 nitrogen and oxygen atoms in total. The Morgan fingerprint density at radius 3 is 2.96 bits per heavy atom. The summed E-state index contributed by atoms with van der Waals surface area (Å²) in [5.74, 6) is 0.459. The molecule has 0 saturated carbocycles. The van der Waals surface area contributed by atoms with Crippen molar-refractivity contribution in [2.24, 2.45) is 0 Å². The van der Waals surface area contributed by atoms with Gasteiger partial charge in [0.1, 0.15) is 5.82 Å². The van der Waals surface area contributed by atoms with Crippen LogP contribution in [0.2, 0.25) is 5.15 Å². The van der Waals surface area contributed by atoms with E-state index in [4.69, 9.17) is 11.6 Å².